The number of anilines is 1. The predicted molar refractivity (Wildman–Crippen MR) is 132 cm³/mol. The molecule has 1 fully saturated rings. The number of rotatable bonds is 9. The average Bonchev–Trinajstić information content (AvgIpc) is 3.34. The van der Waals surface area contributed by atoms with Crippen LogP contribution in [0.1, 0.15) is 51.4 Å². The largest absolute Gasteiger partial charge is 0.486 e. The number of ether oxygens (including phenoxy) is 1. The third-order valence-corrected chi connectivity index (χ3v) is 6.67. The van der Waals surface area contributed by atoms with Gasteiger partial charge in [0.1, 0.15) is 12.4 Å². The van der Waals surface area contributed by atoms with Gasteiger partial charge in [-0.05, 0) is 56.6 Å². The summed E-state index contributed by atoms with van der Waals surface area (Å²) in [6.07, 6.45) is 3.71. The number of hydrogen-bond acceptors (Lipinski definition) is 7. The molecule has 3 aromatic rings. The first kappa shape index (κ1) is 23.8. The highest BCUT2D eigenvalue weighted by Gasteiger charge is 2.18. The number of aromatic nitrogens is 2. The molecule has 2 N–H and O–H groups in total. The third-order valence-electron chi connectivity index (χ3n) is 5.77. The van der Waals surface area contributed by atoms with Crippen LogP contribution in [0, 0.1) is 0 Å². The molecular weight excluding hydrogens is 450 g/mol. The number of likely N-dealkylation sites (tertiary alicyclic amines) is 1. The molecule has 2 aromatic carbocycles. The molecular formula is C25H29N5O3S. The molecule has 178 valence electrons. The van der Waals surface area contributed by atoms with Gasteiger partial charge in [0.25, 0.3) is 11.8 Å². The summed E-state index contributed by atoms with van der Waals surface area (Å²) < 4.78 is 5.65. The van der Waals surface area contributed by atoms with Gasteiger partial charge in [-0.15, -0.1) is 10.2 Å². The van der Waals surface area contributed by atoms with Crippen molar-refractivity contribution in [3.63, 3.8) is 0 Å². The highest BCUT2D eigenvalue weighted by atomic mass is 32.1. The molecule has 1 saturated heterocycles. The second-order valence-electron chi connectivity index (χ2n) is 8.27. The molecule has 8 nitrogen and oxygen atoms in total. The first-order chi connectivity index (χ1) is 16.6. The second-order valence-corrected chi connectivity index (χ2v) is 9.34. The maximum absolute atomic E-state index is 12.6. The summed E-state index contributed by atoms with van der Waals surface area (Å²) in [4.78, 5) is 27.6. The first-order valence-electron chi connectivity index (χ1n) is 11.5. The molecule has 2 amide bonds. The normalized spacial score (nSPS) is 16.1. The van der Waals surface area contributed by atoms with Gasteiger partial charge in [0.15, 0.2) is 5.01 Å². The SMILES string of the molecule is CC1CCCCN1CCNC(=O)c1cccc(NC(=O)c2nnc(COc3ccccc3)s2)c1. The summed E-state index contributed by atoms with van der Waals surface area (Å²) in [5.74, 6) is 0.196. The van der Waals surface area contributed by atoms with Gasteiger partial charge >= 0.3 is 0 Å². The molecule has 1 unspecified atom stereocenters. The van der Waals surface area contributed by atoms with E-state index in [4.69, 9.17) is 4.74 Å². The zero-order chi connectivity index (χ0) is 23.8. The Labute approximate surface area is 203 Å². The Balaban J connectivity index is 1.27. The highest BCUT2D eigenvalue weighted by Crippen LogP contribution is 2.18. The molecule has 0 bridgehead atoms. The average molecular weight is 480 g/mol. The zero-order valence-electron chi connectivity index (χ0n) is 19.2. The van der Waals surface area contributed by atoms with Crippen LogP contribution in [-0.2, 0) is 6.61 Å². The van der Waals surface area contributed by atoms with Crippen molar-refractivity contribution in [2.45, 2.75) is 38.8 Å². The molecule has 0 spiro atoms. The quantitative estimate of drug-likeness (QED) is 0.482. The summed E-state index contributed by atoms with van der Waals surface area (Å²) >= 11 is 1.17. The van der Waals surface area contributed by atoms with Crippen LogP contribution in [0.4, 0.5) is 5.69 Å². The van der Waals surface area contributed by atoms with E-state index in [9.17, 15) is 9.59 Å². The van der Waals surface area contributed by atoms with Crippen LogP contribution in [0.5, 0.6) is 5.75 Å². The van der Waals surface area contributed by atoms with E-state index in [1.165, 1.54) is 30.6 Å². The Morgan fingerprint density at radius 1 is 1.09 bits per heavy atom. The van der Waals surface area contributed by atoms with E-state index in [2.05, 4.69) is 32.7 Å². The van der Waals surface area contributed by atoms with Gasteiger partial charge in [-0.25, -0.2) is 0 Å². The Morgan fingerprint density at radius 2 is 1.94 bits per heavy atom. The number of amides is 2. The maximum atomic E-state index is 12.6. The van der Waals surface area contributed by atoms with E-state index in [0.29, 0.717) is 28.8 Å². The number of benzene rings is 2. The van der Waals surface area contributed by atoms with Crippen LogP contribution in [0.3, 0.4) is 0 Å². The Hall–Kier alpha value is -3.30. The van der Waals surface area contributed by atoms with Crippen molar-refractivity contribution < 1.29 is 14.3 Å². The van der Waals surface area contributed by atoms with Gasteiger partial charge in [0.05, 0.1) is 0 Å². The number of hydrogen-bond donors (Lipinski definition) is 2. The van der Waals surface area contributed by atoms with Gasteiger partial charge < -0.3 is 15.4 Å². The standard InChI is InChI=1S/C25H29N5O3S/c1-18-8-5-6-14-30(18)15-13-26-23(31)19-9-7-10-20(16-19)27-24(32)25-29-28-22(34-25)17-33-21-11-3-2-4-12-21/h2-4,7,9-12,16,18H,5-6,8,13-15,17H2,1H3,(H,26,31)(H,27,32). The van der Waals surface area contributed by atoms with Crippen molar-refractivity contribution in [1.29, 1.82) is 0 Å². The van der Waals surface area contributed by atoms with Crippen LogP contribution >= 0.6 is 11.3 Å². The van der Waals surface area contributed by atoms with Crippen molar-refractivity contribution in [1.82, 2.24) is 20.4 Å². The Bertz CT molecular complexity index is 1100. The lowest BCUT2D eigenvalue weighted by Crippen LogP contribution is -2.42. The fraction of sp³-hybridized carbons (Fsp3) is 0.360. The Morgan fingerprint density at radius 3 is 2.76 bits per heavy atom. The van der Waals surface area contributed by atoms with Crippen LogP contribution in [-0.4, -0.2) is 52.6 Å². The molecule has 1 aromatic heterocycles. The number of nitrogens with one attached hydrogen (secondary N) is 2. The van der Waals surface area contributed by atoms with E-state index < -0.39 is 0 Å². The number of para-hydroxylation sites is 1. The van der Waals surface area contributed by atoms with Crippen LogP contribution < -0.4 is 15.4 Å². The molecule has 0 aliphatic carbocycles. The van der Waals surface area contributed by atoms with E-state index in [1.54, 1.807) is 24.3 Å². The lowest BCUT2D eigenvalue weighted by atomic mass is 10.0. The van der Waals surface area contributed by atoms with Crippen LogP contribution in [0.2, 0.25) is 0 Å². The summed E-state index contributed by atoms with van der Waals surface area (Å²) in [6, 6.07) is 16.8. The Kier molecular flexibility index (Phi) is 8.21. The topological polar surface area (TPSA) is 96.5 Å². The summed E-state index contributed by atoms with van der Waals surface area (Å²) in [5, 5.41) is 14.6. The molecule has 1 aliphatic heterocycles. The molecule has 1 atom stereocenters. The highest BCUT2D eigenvalue weighted by molar-refractivity contribution is 7.13. The fourth-order valence-electron chi connectivity index (χ4n) is 3.89. The minimum absolute atomic E-state index is 0.156. The van der Waals surface area contributed by atoms with Gasteiger partial charge in [0.2, 0.25) is 5.01 Å². The lowest BCUT2D eigenvalue weighted by Gasteiger charge is -2.33. The monoisotopic (exact) mass is 479 g/mol. The fourth-order valence-corrected chi connectivity index (χ4v) is 4.54. The van der Waals surface area contributed by atoms with Gasteiger partial charge in [-0.1, -0.05) is 42.0 Å². The minimum Gasteiger partial charge on any atom is -0.486 e. The summed E-state index contributed by atoms with van der Waals surface area (Å²) in [5.41, 5.74) is 1.03. The number of nitrogens with zero attached hydrogens (tertiary/aromatic N) is 3. The zero-order valence-corrected chi connectivity index (χ0v) is 20.0. The van der Waals surface area contributed by atoms with E-state index in [-0.39, 0.29) is 23.4 Å². The molecule has 9 heteroatoms. The minimum atomic E-state index is -0.375. The summed E-state index contributed by atoms with van der Waals surface area (Å²) in [6.45, 7) is 5.00. The number of piperidine rings is 1. The molecule has 0 saturated carbocycles. The van der Waals surface area contributed by atoms with Crippen molar-refractivity contribution in [2.75, 3.05) is 25.0 Å². The van der Waals surface area contributed by atoms with Crippen molar-refractivity contribution in [3.05, 3.63) is 70.2 Å². The van der Waals surface area contributed by atoms with Crippen molar-refractivity contribution in [3.8, 4) is 5.75 Å². The van der Waals surface area contributed by atoms with Crippen molar-refractivity contribution >= 4 is 28.8 Å². The van der Waals surface area contributed by atoms with Gasteiger partial charge in [0, 0.05) is 30.4 Å². The smallest absolute Gasteiger partial charge is 0.286 e. The van der Waals surface area contributed by atoms with Gasteiger partial charge in [-0.2, -0.15) is 0 Å². The number of carbonyl (C=O) groups is 2. The molecule has 2 heterocycles. The maximum Gasteiger partial charge on any atom is 0.286 e. The van der Waals surface area contributed by atoms with E-state index in [1.807, 2.05) is 30.3 Å². The second kappa shape index (κ2) is 11.7. The van der Waals surface area contributed by atoms with E-state index in [0.717, 1.165) is 18.8 Å². The molecule has 1 aliphatic rings. The first-order valence-corrected chi connectivity index (χ1v) is 12.3. The molecule has 34 heavy (non-hydrogen) atoms. The third kappa shape index (κ3) is 6.61. The molecule has 4 rings (SSSR count). The van der Waals surface area contributed by atoms with Crippen molar-refractivity contribution in [2.24, 2.45) is 0 Å². The van der Waals surface area contributed by atoms with Crippen LogP contribution in [0.25, 0.3) is 0 Å². The van der Waals surface area contributed by atoms with Crippen LogP contribution in [0.15, 0.2) is 54.6 Å². The lowest BCUT2D eigenvalue weighted by molar-refractivity contribution is 0.0937. The van der Waals surface area contributed by atoms with E-state index >= 15 is 0 Å². The summed E-state index contributed by atoms with van der Waals surface area (Å²) in [7, 11) is 0. The molecule has 0 radical (unpaired) electrons. The predicted octanol–water partition coefficient (Wildman–Crippen LogP) is 3.97. The number of carbonyl (C=O) groups excluding carboxylic acids is 2. The van der Waals surface area contributed by atoms with Gasteiger partial charge in [-0.3, -0.25) is 14.5 Å².